The van der Waals surface area contributed by atoms with Crippen molar-refractivity contribution in [2.75, 3.05) is 20.0 Å². The van der Waals surface area contributed by atoms with Gasteiger partial charge in [-0.3, -0.25) is 4.79 Å². The molecule has 0 aromatic heterocycles. The third kappa shape index (κ3) is 3.00. The second kappa shape index (κ2) is 6.13. The molecule has 6 heteroatoms. The maximum absolute atomic E-state index is 13.1. The molecule has 0 amide bonds. The van der Waals surface area contributed by atoms with E-state index in [1.165, 1.54) is 26.4 Å². The minimum atomic E-state index is -0.496. The van der Waals surface area contributed by atoms with E-state index in [0.29, 0.717) is 16.0 Å². The number of benzene rings is 2. The number of carbonyl (C=O) groups excluding carboxylic acids is 1. The minimum Gasteiger partial charge on any atom is -0.496 e. The van der Waals surface area contributed by atoms with Gasteiger partial charge in [0.1, 0.15) is 17.3 Å². The monoisotopic (exact) mass is 353 g/mol. The summed E-state index contributed by atoms with van der Waals surface area (Å²) < 4.78 is 24.1. The molecule has 0 bridgehead atoms. The van der Waals surface area contributed by atoms with Gasteiger partial charge in [0.05, 0.1) is 24.3 Å². The van der Waals surface area contributed by atoms with Gasteiger partial charge in [0.2, 0.25) is 0 Å². The first-order chi connectivity index (χ1) is 9.97. The fraction of sp³-hybridized carbons (Fsp3) is 0.133. The van der Waals surface area contributed by atoms with Crippen LogP contribution < -0.4 is 15.2 Å². The lowest BCUT2D eigenvalue weighted by Crippen LogP contribution is -2.08. The SMILES string of the molecule is COc1cc(C(=O)c2ccc(F)cc2N)c(OC)cc1Br. The molecule has 0 aliphatic carbocycles. The Morgan fingerprint density at radius 1 is 1.10 bits per heavy atom. The molecule has 2 N–H and O–H groups in total. The van der Waals surface area contributed by atoms with E-state index in [0.717, 1.165) is 6.07 Å². The van der Waals surface area contributed by atoms with E-state index in [1.807, 2.05) is 0 Å². The van der Waals surface area contributed by atoms with Gasteiger partial charge in [-0.15, -0.1) is 0 Å². The highest BCUT2D eigenvalue weighted by Crippen LogP contribution is 2.34. The molecule has 4 nitrogen and oxygen atoms in total. The predicted octanol–water partition coefficient (Wildman–Crippen LogP) is 3.42. The van der Waals surface area contributed by atoms with Crippen molar-refractivity contribution < 1.29 is 18.7 Å². The zero-order chi connectivity index (χ0) is 15.6. The van der Waals surface area contributed by atoms with Crippen LogP contribution in [0.5, 0.6) is 11.5 Å². The minimum absolute atomic E-state index is 0.0731. The molecule has 0 atom stereocenters. The van der Waals surface area contributed by atoms with Crippen molar-refractivity contribution in [3.8, 4) is 11.5 Å². The highest BCUT2D eigenvalue weighted by atomic mass is 79.9. The van der Waals surface area contributed by atoms with Crippen LogP contribution in [0.3, 0.4) is 0 Å². The van der Waals surface area contributed by atoms with E-state index in [1.54, 1.807) is 12.1 Å². The molecule has 0 aliphatic rings. The second-order valence-electron chi connectivity index (χ2n) is 4.25. The van der Waals surface area contributed by atoms with Crippen LogP contribution in [-0.2, 0) is 0 Å². The van der Waals surface area contributed by atoms with Gasteiger partial charge in [0.25, 0.3) is 0 Å². The van der Waals surface area contributed by atoms with Crippen molar-refractivity contribution in [3.63, 3.8) is 0 Å². The Bertz CT molecular complexity index is 704. The molecule has 21 heavy (non-hydrogen) atoms. The lowest BCUT2D eigenvalue weighted by molar-refractivity contribution is 0.103. The number of rotatable bonds is 4. The Balaban J connectivity index is 2.56. The van der Waals surface area contributed by atoms with E-state index in [9.17, 15) is 9.18 Å². The Hall–Kier alpha value is -2.08. The summed E-state index contributed by atoms with van der Waals surface area (Å²) in [4.78, 5) is 12.6. The lowest BCUT2D eigenvalue weighted by atomic mass is 10.0. The number of ether oxygens (including phenoxy) is 2. The Labute approximate surface area is 129 Å². The van der Waals surface area contributed by atoms with Crippen molar-refractivity contribution in [1.82, 2.24) is 0 Å². The number of hydrogen-bond donors (Lipinski definition) is 1. The van der Waals surface area contributed by atoms with Gasteiger partial charge >= 0.3 is 0 Å². The largest absolute Gasteiger partial charge is 0.496 e. The molecule has 0 spiro atoms. The molecule has 0 saturated carbocycles. The number of carbonyl (C=O) groups is 1. The lowest BCUT2D eigenvalue weighted by Gasteiger charge is -2.12. The molecule has 110 valence electrons. The van der Waals surface area contributed by atoms with Gasteiger partial charge in [-0.2, -0.15) is 0 Å². The number of hydrogen-bond acceptors (Lipinski definition) is 4. The molecular weight excluding hydrogens is 341 g/mol. The number of nitrogens with two attached hydrogens (primary N) is 1. The van der Waals surface area contributed by atoms with Gasteiger partial charge in [0, 0.05) is 11.3 Å². The summed E-state index contributed by atoms with van der Waals surface area (Å²) in [5, 5.41) is 0. The molecule has 2 aromatic carbocycles. The third-order valence-electron chi connectivity index (χ3n) is 2.98. The van der Waals surface area contributed by atoms with Crippen LogP contribution in [0.1, 0.15) is 15.9 Å². The number of anilines is 1. The van der Waals surface area contributed by atoms with Gasteiger partial charge < -0.3 is 15.2 Å². The third-order valence-corrected chi connectivity index (χ3v) is 3.60. The maximum Gasteiger partial charge on any atom is 0.198 e. The van der Waals surface area contributed by atoms with Crippen molar-refractivity contribution >= 4 is 27.4 Å². The van der Waals surface area contributed by atoms with Crippen molar-refractivity contribution in [1.29, 1.82) is 0 Å². The summed E-state index contributed by atoms with van der Waals surface area (Å²) in [6.45, 7) is 0. The summed E-state index contributed by atoms with van der Waals surface area (Å²) in [5.74, 6) is -0.00390. The zero-order valence-electron chi connectivity index (χ0n) is 11.4. The van der Waals surface area contributed by atoms with Crippen molar-refractivity contribution in [3.05, 3.63) is 51.7 Å². The molecular formula is C15H13BrFNO3. The maximum atomic E-state index is 13.1. The second-order valence-corrected chi connectivity index (χ2v) is 5.10. The Morgan fingerprint density at radius 2 is 1.76 bits per heavy atom. The topological polar surface area (TPSA) is 61.5 Å². The van der Waals surface area contributed by atoms with E-state index in [-0.39, 0.29) is 22.6 Å². The molecule has 2 rings (SSSR count). The molecule has 0 fully saturated rings. The smallest absolute Gasteiger partial charge is 0.198 e. The van der Waals surface area contributed by atoms with Crippen molar-refractivity contribution in [2.45, 2.75) is 0 Å². The highest BCUT2D eigenvalue weighted by molar-refractivity contribution is 9.10. The van der Waals surface area contributed by atoms with Crippen LogP contribution in [0, 0.1) is 5.82 Å². The fourth-order valence-electron chi connectivity index (χ4n) is 1.92. The first kappa shape index (κ1) is 15.3. The van der Waals surface area contributed by atoms with Crippen LogP contribution >= 0.6 is 15.9 Å². The summed E-state index contributed by atoms with van der Waals surface area (Å²) >= 11 is 3.32. The van der Waals surface area contributed by atoms with Gasteiger partial charge in [-0.25, -0.2) is 4.39 Å². The number of ketones is 1. The summed E-state index contributed by atoms with van der Waals surface area (Å²) in [6.07, 6.45) is 0. The van der Waals surface area contributed by atoms with Gasteiger partial charge in [-0.05, 0) is 46.3 Å². The quantitative estimate of drug-likeness (QED) is 0.675. The van der Waals surface area contributed by atoms with E-state index in [2.05, 4.69) is 15.9 Å². The van der Waals surface area contributed by atoms with Crippen LogP contribution in [-0.4, -0.2) is 20.0 Å². The highest BCUT2D eigenvalue weighted by Gasteiger charge is 2.19. The van der Waals surface area contributed by atoms with Gasteiger partial charge in [-0.1, -0.05) is 0 Å². The first-order valence-corrected chi connectivity index (χ1v) is 6.78. The zero-order valence-corrected chi connectivity index (χ0v) is 13.0. The van der Waals surface area contributed by atoms with Crippen molar-refractivity contribution in [2.24, 2.45) is 0 Å². The predicted molar refractivity (Wildman–Crippen MR) is 81.5 cm³/mol. The van der Waals surface area contributed by atoms with Crippen LogP contribution in [0.2, 0.25) is 0 Å². The Kier molecular flexibility index (Phi) is 4.47. The number of methoxy groups -OCH3 is 2. The summed E-state index contributed by atoms with van der Waals surface area (Å²) in [6, 6.07) is 6.82. The van der Waals surface area contributed by atoms with Gasteiger partial charge in [0.15, 0.2) is 5.78 Å². The van der Waals surface area contributed by atoms with Crippen LogP contribution in [0.15, 0.2) is 34.8 Å². The number of nitrogen functional groups attached to an aromatic ring is 1. The summed E-state index contributed by atoms with van der Waals surface area (Å²) in [7, 11) is 2.95. The summed E-state index contributed by atoms with van der Waals surface area (Å²) in [5.41, 5.74) is 6.28. The number of halogens is 2. The average Bonchev–Trinajstić information content (AvgIpc) is 2.46. The van der Waals surface area contributed by atoms with E-state index >= 15 is 0 Å². The molecule has 0 unspecified atom stereocenters. The molecule has 0 saturated heterocycles. The van der Waals surface area contributed by atoms with Crippen LogP contribution in [0.25, 0.3) is 0 Å². The van der Waals surface area contributed by atoms with E-state index < -0.39 is 5.82 Å². The Morgan fingerprint density at radius 3 is 2.33 bits per heavy atom. The molecule has 0 heterocycles. The molecule has 2 aromatic rings. The molecule has 0 radical (unpaired) electrons. The molecule has 0 aliphatic heterocycles. The van der Waals surface area contributed by atoms with E-state index in [4.69, 9.17) is 15.2 Å². The van der Waals surface area contributed by atoms with Crippen LogP contribution in [0.4, 0.5) is 10.1 Å². The average molecular weight is 354 g/mol. The standard InChI is InChI=1S/C15H13BrFNO3/c1-20-13-7-11(16)14(21-2)6-10(13)15(19)9-4-3-8(17)5-12(9)18/h3-7H,18H2,1-2H3. The first-order valence-electron chi connectivity index (χ1n) is 5.99. The fourth-order valence-corrected chi connectivity index (χ4v) is 2.41. The normalized spacial score (nSPS) is 10.3.